The van der Waals surface area contributed by atoms with Crippen LogP contribution in [0.2, 0.25) is 0 Å². The lowest BCUT2D eigenvalue weighted by Gasteiger charge is -2.35. The number of rotatable bonds is 9. The highest BCUT2D eigenvalue weighted by molar-refractivity contribution is 7.21. The van der Waals surface area contributed by atoms with Crippen LogP contribution in [0.1, 0.15) is 36.0 Å². The van der Waals surface area contributed by atoms with E-state index in [2.05, 4.69) is 25.1 Å². The Morgan fingerprint density at radius 2 is 1.77 bits per heavy atom. The molecule has 12 heteroatoms. The van der Waals surface area contributed by atoms with E-state index < -0.39 is 11.8 Å². The number of carbonyl (C=O) groups excluding carboxylic acids is 3. The summed E-state index contributed by atoms with van der Waals surface area (Å²) in [5.74, 6) is -0.485. The Bertz CT molecular complexity index is 1250. The third kappa shape index (κ3) is 5.39. The summed E-state index contributed by atoms with van der Waals surface area (Å²) in [7, 11) is 0. The van der Waals surface area contributed by atoms with E-state index in [0.717, 1.165) is 36.7 Å². The third-order valence-corrected chi connectivity index (χ3v) is 7.14. The van der Waals surface area contributed by atoms with Crippen molar-refractivity contribution in [3.8, 4) is 0 Å². The molecule has 7 N–H and O–H groups in total. The Labute approximate surface area is 206 Å². The van der Waals surface area contributed by atoms with E-state index in [1.54, 1.807) is 24.3 Å². The molecule has 3 amide bonds. The number of hydrogen-bond donors (Lipinski definition) is 4. The normalized spacial score (nSPS) is 14.3. The van der Waals surface area contributed by atoms with Gasteiger partial charge in [-0.05, 0) is 36.7 Å². The second kappa shape index (κ2) is 10.8. The zero-order valence-corrected chi connectivity index (χ0v) is 20.0. The van der Waals surface area contributed by atoms with Crippen molar-refractivity contribution in [2.45, 2.75) is 6.42 Å². The van der Waals surface area contributed by atoms with Gasteiger partial charge < -0.3 is 27.4 Å². The van der Waals surface area contributed by atoms with Crippen LogP contribution in [0.5, 0.6) is 0 Å². The average Bonchev–Trinajstić information content (AvgIpc) is 3.30. The summed E-state index contributed by atoms with van der Waals surface area (Å²) in [5.41, 5.74) is 18.6. The predicted molar refractivity (Wildman–Crippen MR) is 135 cm³/mol. The number of hydrogen-bond acceptors (Lipinski definition) is 9. The Balaban J connectivity index is 1.33. The van der Waals surface area contributed by atoms with Gasteiger partial charge >= 0.3 is 0 Å². The quantitative estimate of drug-likeness (QED) is 0.319. The first-order chi connectivity index (χ1) is 16.9. The number of benzene rings is 1. The molecule has 0 aliphatic carbocycles. The molecule has 0 atom stereocenters. The van der Waals surface area contributed by atoms with Gasteiger partial charge in [-0.25, -0.2) is 9.97 Å². The molecular formula is C23H28N8O3S. The van der Waals surface area contributed by atoms with Gasteiger partial charge in [-0.1, -0.05) is 6.07 Å². The summed E-state index contributed by atoms with van der Waals surface area (Å²) in [5, 5.41) is 2.94. The maximum Gasteiger partial charge on any atom is 0.258 e. The van der Waals surface area contributed by atoms with Crippen LogP contribution in [0.4, 0.5) is 5.82 Å². The summed E-state index contributed by atoms with van der Waals surface area (Å²) in [6.45, 7) is 4.56. The highest BCUT2D eigenvalue weighted by atomic mass is 32.1. The van der Waals surface area contributed by atoms with Gasteiger partial charge in [0.15, 0.2) is 0 Å². The number of primary amides is 2. The van der Waals surface area contributed by atoms with Crippen molar-refractivity contribution in [3.63, 3.8) is 0 Å². The molecule has 3 heterocycles. The van der Waals surface area contributed by atoms with Crippen LogP contribution in [0.15, 0.2) is 30.6 Å². The van der Waals surface area contributed by atoms with Crippen LogP contribution in [-0.4, -0.2) is 78.4 Å². The minimum absolute atomic E-state index is 0.249. The zero-order valence-electron chi connectivity index (χ0n) is 19.2. The SMILES string of the molecule is NCCc1c(C(N)=O)cccc1C(=O)NCCN1CCN(c2ncnc3cc(C(N)=O)sc23)CC1. The van der Waals surface area contributed by atoms with Crippen LogP contribution < -0.4 is 27.4 Å². The van der Waals surface area contributed by atoms with Crippen LogP contribution in [0, 0.1) is 0 Å². The maximum absolute atomic E-state index is 12.8. The molecule has 1 aliphatic heterocycles. The summed E-state index contributed by atoms with van der Waals surface area (Å²) in [6.07, 6.45) is 1.90. The second-order valence-electron chi connectivity index (χ2n) is 8.21. The first-order valence-corrected chi connectivity index (χ1v) is 12.1. The van der Waals surface area contributed by atoms with Crippen LogP contribution >= 0.6 is 11.3 Å². The van der Waals surface area contributed by atoms with Gasteiger partial charge in [0.1, 0.15) is 12.1 Å². The Morgan fingerprint density at radius 3 is 2.46 bits per heavy atom. The first-order valence-electron chi connectivity index (χ1n) is 11.3. The fraction of sp³-hybridized carbons (Fsp3) is 0.348. The van der Waals surface area contributed by atoms with E-state index in [4.69, 9.17) is 17.2 Å². The highest BCUT2D eigenvalue weighted by Crippen LogP contribution is 2.31. The third-order valence-electron chi connectivity index (χ3n) is 6.00. The van der Waals surface area contributed by atoms with Gasteiger partial charge in [-0.2, -0.15) is 0 Å². The number of nitrogens with two attached hydrogens (primary N) is 3. The maximum atomic E-state index is 12.8. The Morgan fingerprint density at radius 1 is 1.03 bits per heavy atom. The van der Waals surface area contributed by atoms with Gasteiger partial charge in [0.25, 0.3) is 11.8 Å². The molecule has 2 aromatic heterocycles. The van der Waals surface area contributed by atoms with E-state index >= 15 is 0 Å². The summed E-state index contributed by atoms with van der Waals surface area (Å²) >= 11 is 1.31. The number of carbonyl (C=O) groups is 3. The van der Waals surface area contributed by atoms with Crippen molar-refractivity contribution >= 4 is 45.1 Å². The van der Waals surface area contributed by atoms with E-state index in [0.29, 0.717) is 53.1 Å². The van der Waals surface area contributed by atoms with E-state index in [-0.39, 0.29) is 5.91 Å². The molecule has 0 saturated carbocycles. The zero-order chi connectivity index (χ0) is 24.9. The smallest absolute Gasteiger partial charge is 0.258 e. The lowest BCUT2D eigenvalue weighted by atomic mass is 9.97. The van der Waals surface area contributed by atoms with Crippen molar-refractivity contribution in [1.82, 2.24) is 20.2 Å². The molecule has 0 radical (unpaired) electrons. The fourth-order valence-corrected chi connectivity index (χ4v) is 5.22. The van der Waals surface area contributed by atoms with E-state index in [1.807, 2.05) is 0 Å². The lowest BCUT2D eigenvalue weighted by molar-refractivity contribution is 0.0945. The number of aromatic nitrogens is 2. The number of anilines is 1. The number of fused-ring (bicyclic) bond motifs is 1. The number of thiophene rings is 1. The van der Waals surface area contributed by atoms with Gasteiger partial charge in [-0.15, -0.1) is 11.3 Å². The van der Waals surface area contributed by atoms with Gasteiger partial charge in [-0.3, -0.25) is 19.3 Å². The van der Waals surface area contributed by atoms with Crippen molar-refractivity contribution < 1.29 is 14.4 Å². The average molecular weight is 497 g/mol. The van der Waals surface area contributed by atoms with Crippen molar-refractivity contribution in [2.75, 3.05) is 50.7 Å². The molecule has 1 aliphatic rings. The van der Waals surface area contributed by atoms with Crippen LogP contribution in [0.3, 0.4) is 0 Å². The molecule has 0 unspecified atom stereocenters. The molecule has 35 heavy (non-hydrogen) atoms. The molecule has 184 valence electrons. The first kappa shape index (κ1) is 24.5. The standard InChI is InChI=1S/C23H28N8O3S/c24-5-4-14-15(20(25)32)2-1-3-16(14)23(34)27-6-7-30-8-10-31(11-9-30)22-19-17(28-13-29-22)12-18(35-19)21(26)33/h1-3,12-13H,4-11,24H2,(H2,25,32)(H2,26,33)(H,27,34). The van der Waals surface area contributed by atoms with Crippen LogP contribution in [0.25, 0.3) is 10.2 Å². The topological polar surface area (TPSA) is 174 Å². The summed E-state index contributed by atoms with van der Waals surface area (Å²) < 4.78 is 0.855. The summed E-state index contributed by atoms with van der Waals surface area (Å²) in [6, 6.07) is 6.64. The molecule has 1 aromatic carbocycles. The molecule has 3 aromatic rings. The molecule has 4 rings (SSSR count). The Hall–Kier alpha value is -3.61. The lowest BCUT2D eigenvalue weighted by Crippen LogP contribution is -2.48. The number of piperazine rings is 1. The molecule has 1 fully saturated rings. The van der Waals surface area contributed by atoms with E-state index in [9.17, 15) is 14.4 Å². The molecule has 0 spiro atoms. The van der Waals surface area contributed by atoms with Crippen LogP contribution in [-0.2, 0) is 6.42 Å². The highest BCUT2D eigenvalue weighted by Gasteiger charge is 2.22. The van der Waals surface area contributed by atoms with Crippen molar-refractivity contribution in [1.29, 1.82) is 0 Å². The fourth-order valence-electron chi connectivity index (χ4n) is 4.24. The van der Waals surface area contributed by atoms with E-state index in [1.165, 1.54) is 17.7 Å². The molecule has 0 bridgehead atoms. The summed E-state index contributed by atoms with van der Waals surface area (Å²) in [4.78, 5) is 49.7. The molecule has 1 saturated heterocycles. The number of nitrogens with zero attached hydrogens (tertiary/aromatic N) is 4. The van der Waals surface area contributed by atoms with Crippen molar-refractivity contribution in [2.24, 2.45) is 17.2 Å². The van der Waals surface area contributed by atoms with Gasteiger partial charge in [0, 0.05) is 50.4 Å². The largest absolute Gasteiger partial charge is 0.366 e. The second-order valence-corrected chi connectivity index (χ2v) is 9.26. The molecule has 11 nitrogen and oxygen atoms in total. The predicted octanol–water partition coefficient (Wildman–Crippen LogP) is -0.0577. The van der Waals surface area contributed by atoms with Crippen molar-refractivity contribution in [3.05, 3.63) is 52.2 Å². The monoisotopic (exact) mass is 496 g/mol. The Kier molecular flexibility index (Phi) is 7.54. The minimum atomic E-state index is -0.574. The number of nitrogens with one attached hydrogen (secondary N) is 1. The minimum Gasteiger partial charge on any atom is -0.366 e. The molecular weight excluding hydrogens is 468 g/mol. The number of amides is 3. The van der Waals surface area contributed by atoms with Gasteiger partial charge in [0.05, 0.1) is 15.1 Å². The van der Waals surface area contributed by atoms with Gasteiger partial charge in [0.2, 0.25) is 5.91 Å².